The minimum atomic E-state index is 0.416. The zero-order chi connectivity index (χ0) is 9.90. The molecule has 0 saturated heterocycles. The van der Waals surface area contributed by atoms with Crippen LogP contribution in [-0.2, 0) is 4.74 Å². The summed E-state index contributed by atoms with van der Waals surface area (Å²) in [7, 11) is 0. The van der Waals surface area contributed by atoms with Crippen LogP contribution in [0.1, 0.15) is 47.0 Å². The third-order valence-electron chi connectivity index (χ3n) is 3.30. The van der Waals surface area contributed by atoms with Gasteiger partial charge in [-0.3, -0.25) is 0 Å². The lowest BCUT2D eigenvalue weighted by atomic mass is 9.82. The first-order valence-electron chi connectivity index (χ1n) is 5.50. The van der Waals surface area contributed by atoms with Crippen LogP contribution in [0.3, 0.4) is 0 Å². The number of nitrogens with zero attached hydrogens (tertiary/aromatic N) is 1. The zero-order valence-corrected chi connectivity index (χ0v) is 9.39. The van der Waals surface area contributed by atoms with Crippen molar-refractivity contribution in [2.75, 3.05) is 13.2 Å². The first kappa shape index (κ1) is 10.6. The number of ether oxygens (including phenoxy) is 1. The molecule has 0 bridgehead atoms. The smallest absolute Gasteiger partial charge is 0.343 e. The van der Waals surface area contributed by atoms with Crippen LogP contribution in [-0.4, -0.2) is 29.2 Å². The molecule has 0 saturated carbocycles. The normalized spacial score (nSPS) is 20.0. The fraction of sp³-hybridized carbons (Fsp3) is 0.909. The molecule has 0 radical (unpaired) electrons. The maximum Gasteiger partial charge on any atom is 0.343 e. The van der Waals surface area contributed by atoms with Crippen molar-refractivity contribution in [2.45, 2.75) is 52.5 Å². The molecule has 0 N–H and O–H groups in total. The van der Waals surface area contributed by atoms with E-state index in [2.05, 4.69) is 32.3 Å². The first-order chi connectivity index (χ1) is 6.24. The van der Waals surface area contributed by atoms with E-state index in [1.807, 2.05) is 0 Å². The molecule has 13 heavy (non-hydrogen) atoms. The highest BCUT2D eigenvalue weighted by atomic mass is 16.5. The van der Waals surface area contributed by atoms with Crippen molar-refractivity contribution in [3.8, 4) is 0 Å². The topological polar surface area (TPSA) is 12.2 Å². The minimum absolute atomic E-state index is 0.416. The van der Waals surface area contributed by atoms with Crippen molar-refractivity contribution in [1.29, 1.82) is 0 Å². The summed E-state index contributed by atoms with van der Waals surface area (Å²) >= 11 is 0. The van der Waals surface area contributed by atoms with Crippen LogP contribution in [0.5, 0.6) is 0 Å². The average molecular weight is 184 g/mol. The number of hydrogen-bond acceptors (Lipinski definition) is 1. The van der Waals surface area contributed by atoms with Gasteiger partial charge in [-0.2, -0.15) is 4.58 Å². The third kappa shape index (κ3) is 1.59. The summed E-state index contributed by atoms with van der Waals surface area (Å²) in [6.07, 6.45) is 3.60. The summed E-state index contributed by atoms with van der Waals surface area (Å²) in [6, 6.07) is 0. The van der Waals surface area contributed by atoms with Crippen LogP contribution in [0.4, 0.5) is 0 Å². The van der Waals surface area contributed by atoms with Gasteiger partial charge in [-0.05, 0) is 13.8 Å². The van der Waals surface area contributed by atoms with Crippen molar-refractivity contribution in [1.82, 2.24) is 0 Å². The van der Waals surface area contributed by atoms with Crippen molar-refractivity contribution < 1.29 is 9.31 Å². The second-order valence-electron chi connectivity index (χ2n) is 3.68. The van der Waals surface area contributed by atoms with Crippen LogP contribution in [0.2, 0.25) is 0 Å². The lowest BCUT2D eigenvalue weighted by Gasteiger charge is -2.36. The Kier molecular flexibility index (Phi) is 3.34. The Morgan fingerprint density at radius 1 is 1.23 bits per heavy atom. The Hall–Kier alpha value is -0.530. The molecule has 0 aromatic carbocycles. The number of hydrogen-bond donors (Lipinski definition) is 0. The Balaban J connectivity index is 2.76. The highest BCUT2D eigenvalue weighted by Crippen LogP contribution is 2.33. The van der Waals surface area contributed by atoms with E-state index >= 15 is 0 Å². The molecule has 0 aromatic rings. The molecule has 0 aromatic heterocycles. The minimum Gasteiger partial charge on any atom is -0.448 e. The number of rotatable bonds is 4. The summed E-state index contributed by atoms with van der Waals surface area (Å²) in [5, 5.41) is 0. The molecule has 0 aliphatic carbocycles. The molecule has 0 unspecified atom stereocenters. The van der Waals surface area contributed by atoms with Crippen molar-refractivity contribution >= 4 is 5.90 Å². The Morgan fingerprint density at radius 3 is 2.23 bits per heavy atom. The van der Waals surface area contributed by atoms with Gasteiger partial charge in [-0.25, -0.2) is 0 Å². The maximum atomic E-state index is 5.58. The monoisotopic (exact) mass is 184 g/mol. The lowest BCUT2D eigenvalue weighted by molar-refractivity contribution is -0.643. The largest absolute Gasteiger partial charge is 0.448 e. The van der Waals surface area contributed by atoms with Crippen molar-refractivity contribution in [2.24, 2.45) is 0 Å². The summed E-state index contributed by atoms with van der Waals surface area (Å²) in [5.41, 5.74) is 0.416. The second kappa shape index (κ2) is 4.12. The van der Waals surface area contributed by atoms with Crippen molar-refractivity contribution in [3.05, 3.63) is 0 Å². The summed E-state index contributed by atoms with van der Waals surface area (Å²) in [4.78, 5) is 0. The fourth-order valence-electron chi connectivity index (χ4n) is 2.33. The van der Waals surface area contributed by atoms with E-state index < -0.39 is 0 Å². The quantitative estimate of drug-likeness (QED) is 0.611. The van der Waals surface area contributed by atoms with Gasteiger partial charge in [0.25, 0.3) is 0 Å². The van der Waals surface area contributed by atoms with Crippen LogP contribution < -0.4 is 0 Å². The SMILES string of the molecule is CCOC1=[N+](CC)C(CC)(CC)C1. The van der Waals surface area contributed by atoms with Gasteiger partial charge < -0.3 is 4.74 Å². The van der Waals surface area contributed by atoms with Crippen LogP contribution in [0.15, 0.2) is 0 Å². The van der Waals surface area contributed by atoms with E-state index in [4.69, 9.17) is 4.74 Å². The van der Waals surface area contributed by atoms with E-state index in [1.165, 1.54) is 18.7 Å². The molecule has 0 fully saturated rings. The van der Waals surface area contributed by atoms with Gasteiger partial charge in [0.1, 0.15) is 13.0 Å². The molecule has 1 rings (SSSR count). The lowest BCUT2D eigenvalue weighted by Crippen LogP contribution is -2.56. The Bertz CT molecular complexity index is 204. The zero-order valence-electron chi connectivity index (χ0n) is 9.39. The molecule has 1 aliphatic heterocycles. The molecule has 1 heterocycles. The highest BCUT2D eigenvalue weighted by Gasteiger charge is 2.51. The van der Waals surface area contributed by atoms with Gasteiger partial charge in [0.05, 0.1) is 6.61 Å². The molecular weight excluding hydrogens is 162 g/mol. The highest BCUT2D eigenvalue weighted by molar-refractivity contribution is 5.76. The Morgan fingerprint density at radius 2 is 1.85 bits per heavy atom. The van der Waals surface area contributed by atoms with Crippen LogP contribution in [0, 0.1) is 0 Å². The molecule has 2 nitrogen and oxygen atoms in total. The van der Waals surface area contributed by atoms with Gasteiger partial charge in [0.2, 0.25) is 0 Å². The predicted octanol–water partition coefficient (Wildman–Crippen LogP) is 2.42. The molecule has 0 spiro atoms. The average Bonchev–Trinajstić information content (AvgIpc) is 2.12. The van der Waals surface area contributed by atoms with E-state index in [0.29, 0.717) is 5.54 Å². The first-order valence-corrected chi connectivity index (χ1v) is 5.50. The molecular formula is C11H22NO+. The standard InChI is InChI=1S/C11H22NO/c1-5-11(6-2)9-10(13-8-4)12(11)7-3/h5-9H2,1-4H3/q+1. The van der Waals surface area contributed by atoms with E-state index in [9.17, 15) is 0 Å². The summed E-state index contributed by atoms with van der Waals surface area (Å²) in [5.74, 6) is 1.20. The Labute approximate surface area is 81.6 Å². The van der Waals surface area contributed by atoms with Gasteiger partial charge in [-0.1, -0.05) is 13.8 Å². The van der Waals surface area contributed by atoms with E-state index in [-0.39, 0.29) is 0 Å². The second-order valence-corrected chi connectivity index (χ2v) is 3.68. The van der Waals surface area contributed by atoms with Crippen LogP contribution >= 0.6 is 0 Å². The molecule has 2 heteroatoms. The molecule has 76 valence electrons. The summed E-state index contributed by atoms with van der Waals surface area (Å²) in [6.45, 7) is 10.7. The summed E-state index contributed by atoms with van der Waals surface area (Å²) < 4.78 is 8.01. The van der Waals surface area contributed by atoms with E-state index in [0.717, 1.165) is 19.6 Å². The van der Waals surface area contributed by atoms with Gasteiger partial charge >= 0.3 is 5.90 Å². The van der Waals surface area contributed by atoms with Gasteiger partial charge in [0.15, 0.2) is 5.54 Å². The van der Waals surface area contributed by atoms with Crippen LogP contribution in [0.25, 0.3) is 0 Å². The molecule has 0 atom stereocenters. The van der Waals surface area contributed by atoms with Gasteiger partial charge in [0, 0.05) is 12.8 Å². The van der Waals surface area contributed by atoms with Crippen molar-refractivity contribution in [3.63, 3.8) is 0 Å². The van der Waals surface area contributed by atoms with E-state index in [1.54, 1.807) is 0 Å². The molecule has 1 aliphatic rings. The fourth-order valence-corrected chi connectivity index (χ4v) is 2.33. The molecule has 0 amide bonds. The third-order valence-corrected chi connectivity index (χ3v) is 3.30. The predicted molar refractivity (Wildman–Crippen MR) is 55.4 cm³/mol. The maximum absolute atomic E-state index is 5.58. The van der Waals surface area contributed by atoms with Gasteiger partial charge in [-0.15, -0.1) is 0 Å².